The molecule has 0 amide bonds. The van der Waals surface area contributed by atoms with E-state index in [2.05, 4.69) is 59.5 Å². The molecule has 18 heavy (non-hydrogen) atoms. The van der Waals surface area contributed by atoms with Gasteiger partial charge in [0.1, 0.15) is 5.82 Å². The molecule has 0 aromatic carbocycles. The van der Waals surface area contributed by atoms with Gasteiger partial charge in [0.25, 0.3) is 0 Å². The summed E-state index contributed by atoms with van der Waals surface area (Å²) in [6.07, 6.45) is 5.57. The van der Waals surface area contributed by atoms with E-state index in [4.69, 9.17) is 0 Å². The molecule has 0 saturated carbocycles. The molecule has 1 fully saturated rings. The Bertz CT molecular complexity index is 488. The summed E-state index contributed by atoms with van der Waals surface area (Å²) in [7, 11) is 0. The number of nitrogens with zero attached hydrogens (tertiary/aromatic N) is 4. The number of hydrogen-bond acceptors (Lipinski definition) is 4. The summed E-state index contributed by atoms with van der Waals surface area (Å²) in [4.78, 5) is 16.5. The van der Waals surface area contributed by atoms with Crippen molar-refractivity contribution in [1.82, 2.24) is 15.0 Å². The summed E-state index contributed by atoms with van der Waals surface area (Å²) < 4.78 is 1.17. The van der Waals surface area contributed by atoms with E-state index in [9.17, 15) is 0 Å². The van der Waals surface area contributed by atoms with Gasteiger partial charge in [0.2, 0.25) is 5.95 Å². The number of hydrogen-bond donors (Lipinski definition) is 1. The van der Waals surface area contributed by atoms with Crippen LogP contribution in [-0.4, -0.2) is 41.1 Å². The molecule has 1 N–H and O–H groups in total. The lowest BCUT2D eigenvalue weighted by Gasteiger charge is -2.35. The van der Waals surface area contributed by atoms with Crippen LogP contribution >= 0.6 is 22.6 Å². The molecule has 0 aliphatic carbocycles. The lowest BCUT2D eigenvalue weighted by molar-refractivity contribution is 0.637. The van der Waals surface area contributed by atoms with E-state index >= 15 is 0 Å². The molecule has 2 aromatic rings. The van der Waals surface area contributed by atoms with Crippen LogP contribution in [0.2, 0.25) is 0 Å². The monoisotopic (exact) mass is 355 g/mol. The van der Waals surface area contributed by atoms with E-state index in [0.717, 1.165) is 37.9 Å². The van der Waals surface area contributed by atoms with E-state index in [1.165, 1.54) is 3.57 Å². The van der Waals surface area contributed by atoms with E-state index in [1.807, 2.05) is 12.4 Å². The lowest BCUT2D eigenvalue weighted by atomic mass is 10.3. The van der Waals surface area contributed by atoms with Crippen LogP contribution in [-0.2, 0) is 0 Å². The predicted molar refractivity (Wildman–Crippen MR) is 80.0 cm³/mol. The maximum absolute atomic E-state index is 4.47. The van der Waals surface area contributed by atoms with Gasteiger partial charge in [0.05, 0.1) is 0 Å². The molecule has 2 aromatic heterocycles. The van der Waals surface area contributed by atoms with Crippen LogP contribution in [0.1, 0.15) is 0 Å². The maximum Gasteiger partial charge on any atom is 0.202 e. The van der Waals surface area contributed by atoms with Crippen LogP contribution < -0.4 is 9.80 Å². The minimum Gasteiger partial charge on any atom is -0.353 e. The van der Waals surface area contributed by atoms with Crippen molar-refractivity contribution < 1.29 is 0 Å². The average molecular weight is 355 g/mol. The fourth-order valence-corrected chi connectivity index (χ4v) is 2.45. The maximum atomic E-state index is 4.47. The normalized spacial score (nSPS) is 16.1. The first-order chi connectivity index (χ1) is 8.83. The molecule has 1 saturated heterocycles. The standard InChI is InChI=1S/C12H14IN5/c13-10-1-2-11(16-9-10)17-5-7-18(8-6-17)12-14-3-4-15-12/h1-4,9H,5-8H2,(H,14,15). The quantitative estimate of drug-likeness (QED) is 0.834. The second kappa shape index (κ2) is 5.13. The van der Waals surface area contributed by atoms with Gasteiger partial charge < -0.3 is 14.8 Å². The summed E-state index contributed by atoms with van der Waals surface area (Å²) in [6.45, 7) is 3.91. The zero-order valence-electron chi connectivity index (χ0n) is 9.88. The van der Waals surface area contributed by atoms with Gasteiger partial charge >= 0.3 is 0 Å². The topological polar surface area (TPSA) is 48.0 Å². The summed E-state index contributed by atoms with van der Waals surface area (Å²) in [5.74, 6) is 2.03. The van der Waals surface area contributed by atoms with Crippen molar-refractivity contribution in [2.24, 2.45) is 0 Å². The highest BCUT2D eigenvalue weighted by Gasteiger charge is 2.19. The van der Waals surface area contributed by atoms with Gasteiger partial charge in [-0.15, -0.1) is 0 Å². The molecule has 0 unspecified atom stereocenters. The van der Waals surface area contributed by atoms with Crippen LogP contribution in [0.4, 0.5) is 11.8 Å². The number of rotatable bonds is 2. The molecule has 6 heteroatoms. The van der Waals surface area contributed by atoms with Crippen LogP contribution in [0.3, 0.4) is 0 Å². The zero-order valence-corrected chi connectivity index (χ0v) is 12.0. The Labute approximate surface area is 119 Å². The largest absolute Gasteiger partial charge is 0.353 e. The fourth-order valence-electron chi connectivity index (χ4n) is 2.13. The predicted octanol–water partition coefficient (Wildman–Crippen LogP) is 1.74. The number of piperazine rings is 1. The Hall–Kier alpha value is -1.31. The van der Waals surface area contributed by atoms with Gasteiger partial charge in [-0.25, -0.2) is 9.97 Å². The highest BCUT2D eigenvalue weighted by atomic mass is 127. The van der Waals surface area contributed by atoms with E-state index in [-0.39, 0.29) is 0 Å². The first kappa shape index (κ1) is 11.8. The Morgan fingerprint density at radius 1 is 1.06 bits per heavy atom. The number of imidazole rings is 1. The lowest BCUT2D eigenvalue weighted by Crippen LogP contribution is -2.47. The summed E-state index contributed by atoms with van der Waals surface area (Å²) in [5.41, 5.74) is 0. The van der Waals surface area contributed by atoms with Gasteiger partial charge in [0, 0.05) is 48.3 Å². The molecule has 0 bridgehead atoms. The highest BCUT2D eigenvalue weighted by molar-refractivity contribution is 14.1. The molecule has 0 radical (unpaired) electrons. The first-order valence-electron chi connectivity index (χ1n) is 5.94. The SMILES string of the molecule is Ic1ccc(N2CCN(c3ncc[nH]3)CC2)nc1. The molecule has 0 atom stereocenters. The molecule has 1 aliphatic heterocycles. The first-order valence-corrected chi connectivity index (χ1v) is 7.01. The molecular weight excluding hydrogens is 341 g/mol. The van der Waals surface area contributed by atoms with Crippen molar-refractivity contribution in [2.45, 2.75) is 0 Å². The summed E-state index contributed by atoms with van der Waals surface area (Å²) in [6, 6.07) is 4.19. The highest BCUT2D eigenvalue weighted by Crippen LogP contribution is 2.16. The van der Waals surface area contributed by atoms with Crippen LogP contribution in [0.25, 0.3) is 0 Å². The Morgan fingerprint density at radius 3 is 2.44 bits per heavy atom. The third-order valence-electron chi connectivity index (χ3n) is 3.10. The van der Waals surface area contributed by atoms with Gasteiger partial charge in [-0.05, 0) is 34.7 Å². The second-order valence-corrected chi connectivity index (χ2v) is 5.47. The molecule has 5 nitrogen and oxygen atoms in total. The zero-order chi connectivity index (χ0) is 12.4. The van der Waals surface area contributed by atoms with Crippen LogP contribution in [0.5, 0.6) is 0 Å². The number of anilines is 2. The molecule has 94 valence electrons. The van der Waals surface area contributed by atoms with E-state index < -0.39 is 0 Å². The minimum atomic E-state index is 0.963. The third-order valence-corrected chi connectivity index (χ3v) is 3.74. The van der Waals surface area contributed by atoms with Crippen LogP contribution in [0.15, 0.2) is 30.7 Å². The second-order valence-electron chi connectivity index (χ2n) is 4.22. The van der Waals surface area contributed by atoms with E-state index in [0.29, 0.717) is 0 Å². The Morgan fingerprint density at radius 2 is 1.83 bits per heavy atom. The number of H-pyrrole nitrogens is 1. The summed E-state index contributed by atoms with van der Waals surface area (Å²) >= 11 is 2.28. The van der Waals surface area contributed by atoms with Crippen molar-refractivity contribution in [3.63, 3.8) is 0 Å². The Balaban J connectivity index is 1.65. The minimum absolute atomic E-state index is 0.963. The number of nitrogens with one attached hydrogen (secondary N) is 1. The number of pyridine rings is 1. The third kappa shape index (κ3) is 2.43. The molecule has 3 heterocycles. The van der Waals surface area contributed by atoms with Crippen molar-refractivity contribution in [3.8, 4) is 0 Å². The van der Waals surface area contributed by atoms with Crippen molar-refractivity contribution in [1.29, 1.82) is 0 Å². The average Bonchev–Trinajstić information content (AvgIpc) is 2.94. The number of halogens is 1. The number of aromatic amines is 1. The van der Waals surface area contributed by atoms with Gasteiger partial charge in [-0.2, -0.15) is 0 Å². The van der Waals surface area contributed by atoms with Crippen molar-refractivity contribution in [2.75, 3.05) is 36.0 Å². The molecule has 0 spiro atoms. The van der Waals surface area contributed by atoms with Gasteiger partial charge in [-0.1, -0.05) is 0 Å². The van der Waals surface area contributed by atoms with Crippen LogP contribution in [0, 0.1) is 3.57 Å². The fraction of sp³-hybridized carbons (Fsp3) is 0.333. The molecule has 1 aliphatic rings. The van der Waals surface area contributed by atoms with Crippen molar-refractivity contribution in [3.05, 3.63) is 34.3 Å². The molecular formula is C12H14IN5. The summed E-state index contributed by atoms with van der Waals surface area (Å²) in [5, 5.41) is 0. The number of aromatic nitrogens is 3. The smallest absolute Gasteiger partial charge is 0.202 e. The Kier molecular flexibility index (Phi) is 3.35. The van der Waals surface area contributed by atoms with Crippen molar-refractivity contribution >= 4 is 34.4 Å². The molecule has 3 rings (SSSR count). The van der Waals surface area contributed by atoms with Gasteiger partial charge in [-0.3, -0.25) is 0 Å². The van der Waals surface area contributed by atoms with E-state index in [1.54, 1.807) is 6.20 Å². The van der Waals surface area contributed by atoms with Gasteiger partial charge in [0.15, 0.2) is 0 Å².